The van der Waals surface area contributed by atoms with Crippen LogP contribution < -0.4 is 9.47 Å². The average Bonchev–Trinajstić information content (AvgIpc) is 2.48. The van der Waals surface area contributed by atoms with Crippen molar-refractivity contribution in [1.29, 1.82) is 0 Å². The van der Waals surface area contributed by atoms with E-state index in [0.29, 0.717) is 5.75 Å². The van der Waals surface area contributed by atoms with E-state index in [2.05, 4.69) is 29.8 Å². The summed E-state index contributed by atoms with van der Waals surface area (Å²) >= 11 is 3.44. The highest BCUT2D eigenvalue weighted by atomic mass is 79.9. The van der Waals surface area contributed by atoms with Crippen LogP contribution in [0.4, 0.5) is 0 Å². The van der Waals surface area contributed by atoms with Crippen molar-refractivity contribution in [2.24, 2.45) is 0 Å². The van der Waals surface area contributed by atoms with Gasteiger partial charge in [0.1, 0.15) is 11.5 Å². The fourth-order valence-electron chi connectivity index (χ4n) is 2.37. The van der Waals surface area contributed by atoms with Gasteiger partial charge in [-0.15, -0.1) is 0 Å². The van der Waals surface area contributed by atoms with Crippen molar-refractivity contribution in [3.05, 3.63) is 57.6 Å². The Balaban J connectivity index is 2.06. The Morgan fingerprint density at radius 2 is 1.78 bits per heavy atom. The molecule has 0 saturated heterocycles. The van der Waals surface area contributed by atoms with Gasteiger partial charge in [-0.05, 0) is 54.7 Å². The molecule has 0 spiro atoms. The molecule has 0 unspecified atom stereocenters. The van der Waals surface area contributed by atoms with Crippen LogP contribution in [0.2, 0.25) is 0 Å². The molecule has 2 rings (SSSR count). The normalized spacial score (nSPS) is 10.7. The molecule has 0 N–H and O–H groups in total. The number of hydrogen-bond donors (Lipinski definition) is 0. The lowest BCUT2D eigenvalue weighted by atomic mass is 10.0. The number of rotatable bonds is 5. The Morgan fingerprint density at radius 1 is 1.13 bits per heavy atom. The molecule has 0 atom stereocenters. The molecule has 3 nitrogen and oxygen atoms in total. The predicted octanol–water partition coefficient (Wildman–Crippen LogP) is 5.17. The summed E-state index contributed by atoms with van der Waals surface area (Å²) in [4.78, 5) is 12.1. The Hall–Kier alpha value is -1.81. The first-order valence-electron chi connectivity index (χ1n) is 7.57. The Bertz CT molecular complexity index is 688. The van der Waals surface area contributed by atoms with E-state index in [1.807, 2.05) is 44.2 Å². The van der Waals surface area contributed by atoms with E-state index in [-0.39, 0.29) is 12.5 Å². The largest absolute Gasteiger partial charge is 0.481 e. The third-order valence-corrected chi connectivity index (χ3v) is 4.05. The third kappa shape index (κ3) is 4.58. The van der Waals surface area contributed by atoms with Gasteiger partial charge in [0.2, 0.25) is 0 Å². The van der Waals surface area contributed by atoms with Crippen LogP contribution in [0.5, 0.6) is 11.5 Å². The first-order valence-corrected chi connectivity index (χ1v) is 8.37. The molecule has 23 heavy (non-hydrogen) atoms. The number of ether oxygens (including phenoxy) is 2. The first kappa shape index (κ1) is 17.5. The van der Waals surface area contributed by atoms with Gasteiger partial charge < -0.3 is 9.47 Å². The standard InChI is InChI=1S/C19H21BrO3/c1-12(2)16-10-15(20)8-9-17(16)23-18(21)11-22-19-13(3)6-5-7-14(19)4/h5-10,12H,11H2,1-4H3. The predicted molar refractivity (Wildman–Crippen MR) is 95.3 cm³/mol. The van der Waals surface area contributed by atoms with E-state index in [0.717, 1.165) is 26.9 Å². The van der Waals surface area contributed by atoms with E-state index in [1.165, 1.54) is 0 Å². The van der Waals surface area contributed by atoms with Crippen molar-refractivity contribution >= 4 is 21.9 Å². The minimum absolute atomic E-state index is 0.112. The smallest absolute Gasteiger partial charge is 0.349 e. The summed E-state index contributed by atoms with van der Waals surface area (Å²) in [7, 11) is 0. The molecule has 0 fully saturated rings. The van der Waals surface area contributed by atoms with Gasteiger partial charge in [0.15, 0.2) is 6.61 Å². The maximum atomic E-state index is 12.1. The second-order valence-corrected chi connectivity index (χ2v) is 6.74. The Labute approximate surface area is 145 Å². The van der Waals surface area contributed by atoms with Gasteiger partial charge in [-0.1, -0.05) is 48.0 Å². The first-order chi connectivity index (χ1) is 10.9. The molecule has 0 saturated carbocycles. The summed E-state index contributed by atoms with van der Waals surface area (Å²) in [5.41, 5.74) is 2.99. The molecule has 2 aromatic carbocycles. The SMILES string of the molecule is Cc1cccc(C)c1OCC(=O)Oc1ccc(Br)cc1C(C)C. The molecule has 0 aromatic heterocycles. The zero-order valence-corrected chi connectivity index (χ0v) is 15.4. The van der Waals surface area contributed by atoms with Crippen molar-refractivity contribution in [2.45, 2.75) is 33.6 Å². The number of hydrogen-bond acceptors (Lipinski definition) is 3. The van der Waals surface area contributed by atoms with Gasteiger partial charge in [0.25, 0.3) is 0 Å². The fraction of sp³-hybridized carbons (Fsp3) is 0.316. The summed E-state index contributed by atoms with van der Waals surface area (Å²) in [6.07, 6.45) is 0. The third-order valence-electron chi connectivity index (χ3n) is 3.56. The molecular weight excluding hydrogens is 356 g/mol. The highest BCUT2D eigenvalue weighted by Gasteiger charge is 2.14. The zero-order chi connectivity index (χ0) is 17.0. The Morgan fingerprint density at radius 3 is 2.39 bits per heavy atom. The summed E-state index contributed by atoms with van der Waals surface area (Å²) in [6, 6.07) is 11.5. The van der Waals surface area contributed by atoms with Gasteiger partial charge in [0, 0.05) is 4.47 Å². The van der Waals surface area contributed by atoms with Crippen molar-refractivity contribution in [1.82, 2.24) is 0 Å². The zero-order valence-electron chi connectivity index (χ0n) is 13.9. The summed E-state index contributed by atoms with van der Waals surface area (Å²) < 4.78 is 12.1. The van der Waals surface area contributed by atoms with Crippen molar-refractivity contribution in [2.75, 3.05) is 6.61 Å². The lowest BCUT2D eigenvalue weighted by Gasteiger charge is -2.14. The van der Waals surface area contributed by atoms with Gasteiger partial charge in [-0.3, -0.25) is 0 Å². The summed E-state index contributed by atoms with van der Waals surface area (Å²) in [5.74, 6) is 1.18. The maximum absolute atomic E-state index is 12.1. The van der Waals surface area contributed by atoms with Crippen LogP contribution in [0.25, 0.3) is 0 Å². The lowest BCUT2D eigenvalue weighted by molar-refractivity contribution is -0.136. The van der Waals surface area contributed by atoms with Gasteiger partial charge >= 0.3 is 5.97 Å². The summed E-state index contributed by atoms with van der Waals surface area (Å²) in [6.45, 7) is 7.93. The van der Waals surface area contributed by atoms with Crippen LogP contribution in [-0.2, 0) is 4.79 Å². The Kier molecular flexibility index (Phi) is 5.83. The van der Waals surface area contributed by atoms with Crippen LogP contribution >= 0.6 is 15.9 Å². The molecule has 0 heterocycles. The van der Waals surface area contributed by atoms with Crippen LogP contribution in [0.1, 0.15) is 36.5 Å². The molecule has 0 aliphatic carbocycles. The molecule has 2 aromatic rings. The number of carbonyl (C=O) groups excluding carboxylic acids is 1. The van der Waals surface area contributed by atoms with E-state index < -0.39 is 5.97 Å². The number of esters is 1. The van der Waals surface area contributed by atoms with Crippen LogP contribution in [0, 0.1) is 13.8 Å². The molecule has 0 amide bonds. The van der Waals surface area contributed by atoms with Gasteiger partial charge in [0.05, 0.1) is 0 Å². The maximum Gasteiger partial charge on any atom is 0.349 e. The highest BCUT2D eigenvalue weighted by molar-refractivity contribution is 9.10. The average molecular weight is 377 g/mol. The van der Waals surface area contributed by atoms with Crippen molar-refractivity contribution in [3.63, 3.8) is 0 Å². The molecule has 0 aliphatic rings. The van der Waals surface area contributed by atoms with Gasteiger partial charge in [-0.2, -0.15) is 0 Å². The molecule has 122 valence electrons. The van der Waals surface area contributed by atoms with E-state index in [9.17, 15) is 4.79 Å². The second kappa shape index (κ2) is 7.64. The van der Waals surface area contributed by atoms with Crippen LogP contribution in [0.15, 0.2) is 40.9 Å². The molecular formula is C19H21BrO3. The minimum atomic E-state index is -0.406. The lowest BCUT2D eigenvalue weighted by Crippen LogP contribution is -2.19. The molecule has 0 aliphatic heterocycles. The monoisotopic (exact) mass is 376 g/mol. The van der Waals surface area contributed by atoms with Crippen LogP contribution in [-0.4, -0.2) is 12.6 Å². The van der Waals surface area contributed by atoms with Gasteiger partial charge in [-0.25, -0.2) is 4.79 Å². The quantitative estimate of drug-likeness (QED) is 0.533. The number of carbonyl (C=O) groups is 1. The minimum Gasteiger partial charge on any atom is -0.481 e. The van der Waals surface area contributed by atoms with E-state index in [1.54, 1.807) is 6.07 Å². The number of para-hydroxylation sites is 1. The van der Waals surface area contributed by atoms with Crippen molar-refractivity contribution in [3.8, 4) is 11.5 Å². The number of aryl methyl sites for hydroxylation is 2. The number of halogens is 1. The van der Waals surface area contributed by atoms with Crippen LogP contribution in [0.3, 0.4) is 0 Å². The van der Waals surface area contributed by atoms with Crippen molar-refractivity contribution < 1.29 is 14.3 Å². The van der Waals surface area contributed by atoms with E-state index in [4.69, 9.17) is 9.47 Å². The molecule has 0 bridgehead atoms. The second-order valence-electron chi connectivity index (χ2n) is 5.82. The number of benzene rings is 2. The summed E-state index contributed by atoms with van der Waals surface area (Å²) in [5, 5.41) is 0. The van der Waals surface area contributed by atoms with E-state index >= 15 is 0 Å². The highest BCUT2D eigenvalue weighted by Crippen LogP contribution is 2.30. The fourth-order valence-corrected chi connectivity index (χ4v) is 2.75. The topological polar surface area (TPSA) is 35.5 Å². The molecule has 0 radical (unpaired) electrons. The molecule has 4 heteroatoms.